The molecule has 2 unspecified atom stereocenters. The number of nitrogens with two attached hydrogens (primary N) is 1. The van der Waals surface area contributed by atoms with Crippen molar-refractivity contribution in [3.8, 4) is 5.75 Å². The van der Waals surface area contributed by atoms with Gasteiger partial charge in [-0.2, -0.15) is 0 Å². The number of hydrogen-bond donors (Lipinski definition) is 2. The van der Waals surface area contributed by atoms with Gasteiger partial charge in [-0.15, -0.1) is 11.3 Å². The van der Waals surface area contributed by atoms with Crippen LogP contribution in [-0.2, 0) is 0 Å². The predicted molar refractivity (Wildman–Crippen MR) is 82.4 cm³/mol. The second kappa shape index (κ2) is 4.98. The van der Waals surface area contributed by atoms with Crippen LogP contribution in [-0.4, -0.2) is 19.1 Å². The number of nitrogen functional groups attached to an aromatic ring is 1. The molecule has 2 aromatic rings. The highest BCUT2D eigenvalue weighted by Crippen LogP contribution is 2.37. The van der Waals surface area contributed by atoms with Crippen LogP contribution in [0.2, 0.25) is 0 Å². The number of thiophene rings is 1. The summed E-state index contributed by atoms with van der Waals surface area (Å²) in [6.45, 7) is 2.15. The smallest absolute Gasteiger partial charge is 0.263 e. The molecule has 1 aromatic carbocycles. The summed E-state index contributed by atoms with van der Waals surface area (Å²) in [5.41, 5.74) is 6.67. The van der Waals surface area contributed by atoms with Crippen molar-refractivity contribution in [2.75, 3.05) is 12.8 Å². The Labute approximate surface area is 121 Å². The van der Waals surface area contributed by atoms with Gasteiger partial charge in [-0.25, -0.2) is 0 Å². The minimum atomic E-state index is -0.0522. The first-order valence-electron chi connectivity index (χ1n) is 6.81. The number of methoxy groups -OCH3 is 1. The lowest BCUT2D eigenvalue weighted by atomic mass is 10.2. The highest BCUT2D eigenvalue weighted by Gasteiger charge is 2.37. The lowest BCUT2D eigenvalue weighted by Gasteiger charge is -2.02. The second-order valence-corrected chi connectivity index (χ2v) is 6.24. The van der Waals surface area contributed by atoms with E-state index >= 15 is 0 Å². The zero-order valence-electron chi connectivity index (χ0n) is 11.6. The third-order valence-electron chi connectivity index (χ3n) is 3.91. The summed E-state index contributed by atoms with van der Waals surface area (Å²) >= 11 is 1.42. The Morgan fingerprint density at radius 3 is 3.00 bits per heavy atom. The maximum atomic E-state index is 12.3. The van der Waals surface area contributed by atoms with E-state index in [0.29, 0.717) is 22.5 Å². The number of nitrogens with one attached hydrogen (secondary N) is 1. The Bertz CT molecular complexity index is 665. The summed E-state index contributed by atoms with van der Waals surface area (Å²) in [5, 5.41) is 3.98. The Hall–Kier alpha value is -1.75. The van der Waals surface area contributed by atoms with Gasteiger partial charge in [-0.1, -0.05) is 13.3 Å². The largest absolute Gasteiger partial charge is 0.497 e. The number of amides is 1. The van der Waals surface area contributed by atoms with Crippen LogP contribution in [0.5, 0.6) is 5.75 Å². The van der Waals surface area contributed by atoms with Gasteiger partial charge in [-0.3, -0.25) is 4.79 Å². The van der Waals surface area contributed by atoms with Crippen LogP contribution in [0.4, 0.5) is 5.69 Å². The molecule has 0 saturated heterocycles. The molecule has 3 rings (SSSR count). The zero-order valence-corrected chi connectivity index (χ0v) is 12.4. The number of carbonyl (C=O) groups excluding carboxylic acids is 1. The molecule has 0 spiro atoms. The van der Waals surface area contributed by atoms with Crippen molar-refractivity contribution in [3.05, 3.63) is 23.1 Å². The van der Waals surface area contributed by atoms with E-state index in [1.54, 1.807) is 7.11 Å². The Morgan fingerprint density at radius 1 is 1.55 bits per heavy atom. The number of hydrogen-bond acceptors (Lipinski definition) is 4. The van der Waals surface area contributed by atoms with E-state index in [1.807, 2.05) is 18.2 Å². The van der Waals surface area contributed by atoms with Crippen LogP contribution < -0.4 is 15.8 Å². The van der Waals surface area contributed by atoms with Crippen LogP contribution in [0.25, 0.3) is 10.1 Å². The third kappa shape index (κ3) is 2.22. The maximum Gasteiger partial charge on any atom is 0.263 e. The summed E-state index contributed by atoms with van der Waals surface area (Å²) in [5.74, 6) is 1.36. The van der Waals surface area contributed by atoms with Crippen LogP contribution in [0, 0.1) is 5.92 Å². The Morgan fingerprint density at radius 2 is 2.35 bits per heavy atom. The number of anilines is 1. The number of benzene rings is 1. The van der Waals surface area contributed by atoms with E-state index in [2.05, 4.69) is 12.2 Å². The van der Waals surface area contributed by atoms with Gasteiger partial charge in [0.05, 0.1) is 12.8 Å². The maximum absolute atomic E-state index is 12.3. The molecule has 3 N–H and O–H groups in total. The van der Waals surface area contributed by atoms with E-state index in [-0.39, 0.29) is 5.91 Å². The summed E-state index contributed by atoms with van der Waals surface area (Å²) in [4.78, 5) is 12.9. The standard InChI is InChI=1S/C15H18N2O2S/c1-3-8-6-11(8)17-15(18)14-13(16)10-5-4-9(19-2)7-12(10)20-14/h4-5,7-8,11H,3,6,16H2,1-2H3,(H,17,18). The first-order valence-corrected chi connectivity index (χ1v) is 7.62. The molecule has 1 aromatic heterocycles. The normalized spacial score (nSPS) is 20.9. The molecule has 1 heterocycles. The van der Waals surface area contributed by atoms with E-state index in [1.165, 1.54) is 11.3 Å². The minimum Gasteiger partial charge on any atom is -0.497 e. The molecule has 0 aliphatic heterocycles. The van der Waals surface area contributed by atoms with Gasteiger partial charge in [0.1, 0.15) is 10.6 Å². The summed E-state index contributed by atoms with van der Waals surface area (Å²) in [6.07, 6.45) is 2.20. The highest BCUT2D eigenvalue weighted by atomic mass is 32.1. The Kier molecular flexibility index (Phi) is 3.30. The molecule has 106 valence electrons. The Balaban J connectivity index is 1.87. The average molecular weight is 290 g/mol. The molecule has 1 amide bonds. The molecule has 0 bridgehead atoms. The number of fused-ring (bicyclic) bond motifs is 1. The lowest BCUT2D eigenvalue weighted by molar-refractivity contribution is 0.0954. The lowest BCUT2D eigenvalue weighted by Crippen LogP contribution is -2.26. The molecule has 20 heavy (non-hydrogen) atoms. The van der Waals surface area contributed by atoms with Crippen molar-refractivity contribution in [1.29, 1.82) is 0 Å². The SMILES string of the molecule is CCC1CC1NC(=O)c1sc2cc(OC)ccc2c1N. The van der Waals surface area contributed by atoms with E-state index in [4.69, 9.17) is 10.5 Å². The molecule has 1 aliphatic carbocycles. The minimum absolute atomic E-state index is 0.0522. The van der Waals surface area contributed by atoms with E-state index in [0.717, 1.165) is 28.7 Å². The molecule has 1 saturated carbocycles. The molecule has 1 aliphatic rings. The summed E-state index contributed by atoms with van der Waals surface area (Å²) < 4.78 is 6.18. The number of carbonyl (C=O) groups is 1. The summed E-state index contributed by atoms with van der Waals surface area (Å²) in [6, 6.07) is 6.01. The number of rotatable bonds is 4. The van der Waals surface area contributed by atoms with Crippen LogP contribution in [0.3, 0.4) is 0 Å². The fourth-order valence-corrected chi connectivity index (χ4v) is 3.56. The third-order valence-corrected chi connectivity index (χ3v) is 5.07. The fourth-order valence-electron chi connectivity index (χ4n) is 2.50. The van der Waals surface area contributed by atoms with Gasteiger partial charge in [-0.05, 0) is 30.5 Å². The van der Waals surface area contributed by atoms with Gasteiger partial charge >= 0.3 is 0 Å². The predicted octanol–water partition coefficient (Wildman–Crippen LogP) is 3.02. The number of ether oxygens (including phenoxy) is 1. The van der Waals surface area contributed by atoms with Crippen LogP contribution in [0.15, 0.2) is 18.2 Å². The van der Waals surface area contributed by atoms with E-state index in [9.17, 15) is 4.79 Å². The van der Waals surface area contributed by atoms with Gasteiger partial charge < -0.3 is 15.8 Å². The molecule has 5 heteroatoms. The average Bonchev–Trinajstić information content (AvgIpc) is 3.13. The van der Waals surface area contributed by atoms with Gasteiger partial charge in [0.2, 0.25) is 0 Å². The van der Waals surface area contributed by atoms with Crippen molar-refractivity contribution in [2.24, 2.45) is 5.92 Å². The van der Waals surface area contributed by atoms with E-state index < -0.39 is 0 Å². The molecule has 1 fully saturated rings. The van der Waals surface area contributed by atoms with Gasteiger partial charge in [0, 0.05) is 16.1 Å². The topological polar surface area (TPSA) is 64.3 Å². The van der Waals surface area contributed by atoms with Crippen molar-refractivity contribution in [2.45, 2.75) is 25.8 Å². The van der Waals surface area contributed by atoms with Crippen LogP contribution in [0.1, 0.15) is 29.4 Å². The van der Waals surface area contributed by atoms with Gasteiger partial charge in [0.25, 0.3) is 5.91 Å². The first-order chi connectivity index (χ1) is 9.63. The molecule has 4 nitrogen and oxygen atoms in total. The summed E-state index contributed by atoms with van der Waals surface area (Å²) in [7, 11) is 1.63. The first kappa shape index (κ1) is 13.2. The van der Waals surface area contributed by atoms with Crippen molar-refractivity contribution in [3.63, 3.8) is 0 Å². The highest BCUT2D eigenvalue weighted by molar-refractivity contribution is 7.21. The molecule has 0 radical (unpaired) electrons. The van der Waals surface area contributed by atoms with Crippen molar-refractivity contribution >= 4 is 33.0 Å². The zero-order chi connectivity index (χ0) is 14.3. The fraction of sp³-hybridized carbons (Fsp3) is 0.400. The van der Waals surface area contributed by atoms with Crippen molar-refractivity contribution in [1.82, 2.24) is 5.32 Å². The second-order valence-electron chi connectivity index (χ2n) is 5.19. The monoisotopic (exact) mass is 290 g/mol. The van der Waals surface area contributed by atoms with Crippen LogP contribution >= 0.6 is 11.3 Å². The molecular weight excluding hydrogens is 272 g/mol. The van der Waals surface area contributed by atoms with Crippen molar-refractivity contribution < 1.29 is 9.53 Å². The quantitative estimate of drug-likeness (QED) is 0.909. The molecule has 2 atom stereocenters. The van der Waals surface area contributed by atoms with Gasteiger partial charge in [0.15, 0.2) is 0 Å². The molecular formula is C15H18N2O2S.